The zero-order chi connectivity index (χ0) is 18.4. The lowest BCUT2D eigenvalue weighted by Gasteiger charge is -2.16. The second kappa shape index (κ2) is 8.20. The molecule has 0 atom stereocenters. The molecule has 6 heteroatoms. The molecule has 0 aliphatic heterocycles. The number of anilines is 2. The molecule has 5 nitrogen and oxygen atoms in total. The molecule has 132 valence electrons. The lowest BCUT2D eigenvalue weighted by molar-refractivity contribution is 0.0953. The Hall–Kier alpha value is -3.28. The monoisotopic (exact) mass is 350 g/mol. The first-order valence-electron chi connectivity index (χ1n) is 8.27. The third-order valence-electron chi connectivity index (χ3n) is 3.96. The molecule has 0 saturated carbocycles. The molecule has 0 unspecified atom stereocenters. The number of hydrogen-bond acceptors (Lipinski definition) is 4. The first kappa shape index (κ1) is 17.5. The number of nitrogens with zero attached hydrogens (tertiary/aromatic N) is 3. The number of aromatic nitrogens is 2. The van der Waals surface area contributed by atoms with Crippen LogP contribution in [0.15, 0.2) is 67.0 Å². The zero-order valence-corrected chi connectivity index (χ0v) is 14.4. The van der Waals surface area contributed by atoms with E-state index >= 15 is 0 Å². The second-order valence-corrected chi connectivity index (χ2v) is 5.80. The highest BCUT2D eigenvalue weighted by Crippen LogP contribution is 2.18. The highest BCUT2D eigenvalue weighted by Gasteiger charge is 2.10. The number of carbonyl (C=O) groups excluding carboxylic acids is 1. The van der Waals surface area contributed by atoms with Crippen molar-refractivity contribution in [1.82, 2.24) is 15.3 Å². The fraction of sp³-hybridized carbons (Fsp3) is 0.150. The number of amides is 1. The molecular weight excluding hydrogens is 331 g/mol. The maximum atomic E-state index is 12.9. The van der Waals surface area contributed by atoms with Crippen LogP contribution in [-0.4, -0.2) is 29.5 Å². The molecule has 0 radical (unpaired) electrons. The van der Waals surface area contributed by atoms with Gasteiger partial charge in [-0.2, -0.15) is 0 Å². The number of carbonyl (C=O) groups is 1. The largest absolute Gasteiger partial charge is 0.352 e. The predicted molar refractivity (Wildman–Crippen MR) is 99.0 cm³/mol. The van der Waals surface area contributed by atoms with Gasteiger partial charge in [0.15, 0.2) is 0 Å². The normalized spacial score (nSPS) is 10.4. The Morgan fingerprint density at radius 3 is 2.35 bits per heavy atom. The number of rotatable bonds is 6. The average Bonchev–Trinajstić information content (AvgIpc) is 2.69. The molecule has 3 rings (SSSR count). The molecule has 2 aromatic carbocycles. The molecule has 0 spiro atoms. The number of para-hydroxylation sites is 1. The van der Waals surface area contributed by atoms with E-state index in [-0.39, 0.29) is 11.7 Å². The predicted octanol–water partition coefficient (Wildman–Crippen LogP) is 3.36. The van der Waals surface area contributed by atoms with Crippen molar-refractivity contribution in [3.05, 3.63) is 83.9 Å². The lowest BCUT2D eigenvalue weighted by atomic mass is 10.1. The summed E-state index contributed by atoms with van der Waals surface area (Å²) in [6, 6.07) is 16.0. The molecule has 1 aromatic heterocycles. The lowest BCUT2D eigenvalue weighted by Crippen LogP contribution is -2.26. The summed E-state index contributed by atoms with van der Waals surface area (Å²) in [4.78, 5) is 22.5. The van der Waals surface area contributed by atoms with Crippen LogP contribution in [0.4, 0.5) is 16.0 Å². The number of halogens is 1. The Balaban J connectivity index is 1.56. The third-order valence-corrected chi connectivity index (χ3v) is 3.96. The van der Waals surface area contributed by atoms with Gasteiger partial charge in [-0.3, -0.25) is 4.79 Å². The van der Waals surface area contributed by atoms with Crippen LogP contribution in [0.2, 0.25) is 0 Å². The number of hydrogen-bond donors (Lipinski definition) is 1. The quantitative estimate of drug-likeness (QED) is 0.741. The molecule has 3 aromatic rings. The minimum absolute atomic E-state index is 0.235. The third kappa shape index (κ3) is 4.42. The van der Waals surface area contributed by atoms with Gasteiger partial charge in [0.05, 0.1) is 5.56 Å². The molecule has 1 amide bonds. The van der Waals surface area contributed by atoms with E-state index in [0.717, 1.165) is 11.3 Å². The summed E-state index contributed by atoms with van der Waals surface area (Å²) in [5.41, 5.74) is 2.32. The Labute approximate surface area is 151 Å². The summed E-state index contributed by atoms with van der Waals surface area (Å²) in [6.07, 6.45) is 3.64. The summed E-state index contributed by atoms with van der Waals surface area (Å²) >= 11 is 0. The van der Waals surface area contributed by atoms with Crippen LogP contribution in [-0.2, 0) is 6.42 Å². The minimum Gasteiger partial charge on any atom is -0.352 e. The standard InChI is InChI=1S/C20H19FN4O/c1-25(18-5-3-2-4-6-18)20-23-13-16(14-24-20)19(26)22-12-11-15-7-9-17(21)10-8-15/h2-10,13-14H,11-12H2,1H3,(H,22,26). The van der Waals surface area contributed by atoms with Gasteiger partial charge in [-0.1, -0.05) is 30.3 Å². The van der Waals surface area contributed by atoms with Crippen molar-refractivity contribution in [1.29, 1.82) is 0 Å². The Bertz CT molecular complexity index is 851. The van der Waals surface area contributed by atoms with Crippen molar-refractivity contribution in [2.45, 2.75) is 6.42 Å². The van der Waals surface area contributed by atoms with Crippen molar-refractivity contribution in [2.75, 3.05) is 18.5 Å². The van der Waals surface area contributed by atoms with Gasteiger partial charge in [-0.25, -0.2) is 14.4 Å². The topological polar surface area (TPSA) is 58.1 Å². The Morgan fingerprint density at radius 2 is 1.69 bits per heavy atom. The van der Waals surface area contributed by atoms with Crippen molar-refractivity contribution in [3.8, 4) is 0 Å². The second-order valence-electron chi connectivity index (χ2n) is 5.80. The summed E-state index contributed by atoms with van der Waals surface area (Å²) < 4.78 is 12.9. The zero-order valence-electron chi connectivity index (χ0n) is 14.4. The molecule has 0 aliphatic rings. The highest BCUT2D eigenvalue weighted by molar-refractivity contribution is 5.93. The van der Waals surface area contributed by atoms with E-state index in [4.69, 9.17) is 0 Å². The van der Waals surface area contributed by atoms with Crippen LogP contribution in [0.25, 0.3) is 0 Å². The average molecular weight is 350 g/mol. The van der Waals surface area contributed by atoms with Crippen LogP contribution < -0.4 is 10.2 Å². The van der Waals surface area contributed by atoms with E-state index in [1.807, 2.05) is 42.3 Å². The molecule has 0 aliphatic carbocycles. The van der Waals surface area contributed by atoms with Crippen molar-refractivity contribution >= 4 is 17.5 Å². The van der Waals surface area contributed by atoms with Crippen molar-refractivity contribution in [3.63, 3.8) is 0 Å². The maximum Gasteiger partial charge on any atom is 0.254 e. The van der Waals surface area contributed by atoms with E-state index in [1.165, 1.54) is 24.5 Å². The van der Waals surface area contributed by atoms with Gasteiger partial charge in [0, 0.05) is 31.7 Å². The Kier molecular flexibility index (Phi) is 5.53. The van der Waals surface area contributed by atoms with E-state index in [9.17, 15) is 9.18 Å². The van der Waals surface area contributed by atoms with E-state index in [0.29, 0.717) is 24.5 Å². The van der Waals surface area contributed by atoms with Gasteiger partial charge >= 0.3 is 0 Å². The fourth-order valence-corrected chi connectivity index (χ4v) is 2.45. The number of nitrogens with one attached hydrogen (secondary N) is 1. The minimum atomic E-state index is -0.268. The number of benzene rings is 2. The van der Waals surface area contributed by atoms with Crippen LogP contribution in [0, 0.1) is 5.82 Å². The van der Waals surface area contributed by atoms with E-state index in [1.54, 1.807) is 12.1 Å². The molecule has 0 saturated heterocycles. The fourth-order valence-electron chi connectivity index (χ4n) is 2.45. The highest BCUT2D eigenvalue weighted by atomic mass is 19.1. The van der Waals surface area contributed by atoms with Gasteiger partial charge in [-0.15, -0.1) is 0 Å². The van der Waals surface area contributed by atoms with Crippen molar-refractivity contribution in [2.24, 2.45) is 0 Å². The molecule has 1 N–H and O–H groups in total. The van der Waals surface area contributed by atoms with Gasteiger partial charge in [0.25, 0.3) is 5.91 Å². The molecular formula is C20H19FN4O. The maximum absolute atomic E-state index is 12.9. The summed E-state index contributed by atoms with van der Waals surface area (Å²) in [5, 5.41) is 2.82. The van der Waals surface area contributed by atoms with Crippen LogP contribution >= 0.6 is 0 Å². The first-order valence-corrected chi connectivity index (χ1v) is 8.27. The van der Waals surface area contributed by atoms with Crippen LogP contribution in [0.5, 0.6) is 0 Å². The first-order chi connectivity index (χ1) is 12.6. The van der Waals surface area contributed by atoms with E-state index < -0.39 is 0 Å². The van der Waals surface area contributed by atoms with Crippen LogP contribution in [0.3, 0.4) is 0 Å². The van der Waals surface area contributed by atoms with E-state index in [2.05, 4.69) is 15.3 Å². The molecule has 0 fully saturated rings. The van der Waals surface area contributed by atoms with Gasteiger partial charge < -0.3 is 10.2 Å². The molecule has 1 heterocycles. The van der Waals surface area contributed by atoms with Gasteiger partial charge in [0.1, 0.15) is 5.82 Å². The molecule has 26 heavy (non-hydrogen) atoms. The van der Waals surface area contributed by atoms with Crippen molar-refractivity contribution < 1.29 is 9.18 Å². The Morgan fingerprint density at radius 1 is 1.04 bits per heavy atom. The SMILES string of the molecule is CN(c1ccccc1)c1ncc(C(=O)NCCc2ccc(F)cc2)cn1. The van der Waals surface area contributed by atoms with Gasteiger partial charge in [-0.05, 0) is 36.2 Å². The summed E-state index contributed by atoms with van der Waals surface area (Å²) in [6.45, 7) is 0.454. The summed E-state index contributed by atoms with van der Waals surface area (Å²) in [5.74, 6) is 0.00980. The van der Waals surface area contributed by atoms with Gasteiger partial charge in [0.2, 0.25) is 5.95 Å². The molecule has 0 bridgehead atoms. The van der Waals surface area contributed by atoms with Crippen LogP contribution in [0.1, 0.15) is 15.9 Å². The summed E-state index contributed by atoms with van der Waals surface area (Å²) in [7, 11) is 1.87. The smallest absolute Gasteiger partial charge is 0.254 e.